The van der Waals surface area contributed by atoms with Crippen LogP contribution in [-0.4, -0.2) is 5.91 Å². The van der Waals surface area contributed by atoms with Crippen LogP contribution in [0.2, 0.25) is 5.02 Å². The molecular formula is C18H15ClN2O. The number of hydrogen-bond acceptors (Lipinski definition) is 2. The van der Waals surface area contributed by atoms with Crippen molar-refractivity contribution >= 4 is 23.2 Å². The molecule has 2 aromatic carbocycles. The number of carbonyl (C=O) groups is 1. The summed E-state index contributed by atoms with van der Waals surface area (Å²) in [5.74, 6) is -0.00859. The molecule has 1 aliphatic rings. The average Bonchev–Trinajstić information content (AvgIpc) is 2.47. The molecule has 0 unspecified atom stereocenters. The number of nitriles is 1. The maximum atomic E-state index is 12.8. The standard InChI is InChI=1S/C18H15ClN2O/c19-15-4-1-3-14(11-15)18(9-2-10-18)17(22)21-16-7-5-13(12-20)6-8-16/h1,3-8,11H,2,9-10H2,(H,21,22). The second-order valence-corrected chi connectivity index (χ2v) is 6.03. The maximum absolute atomic E-state index is 12.8. The highest BCUT2D eigenvalue weighted by atomic mass is 35.5. The zero-order valence-electron chi connectivity index (χ0n) is 12.0. The van der Waals surface area contributed by atoms with Crippen molar-refractivity contribution in [3.8, 4) is 6.07 Å². The van der Waals surface area contributed by atoms with E-state index in [2.05, 4.69) is 11.4 Å². The first kappa shape index (κ1) is 14.6. The summed E-state index contributed by atoms with van der Waals surface area (Å²) in [4.78, 5) is 12.8. The molecule has 1 amide bonds. The van der Waals surface area contributed by atoms with Gasteiger partial charge in [-0.3, -0.25) is 4.79 Å². The van der Waals surface area contributed by atoms with Crippen molar-refractivity contribution in [3.05, 3.63) is 64.7 Å². The highest BCUT2D eigenvalue weighted by molar-refractivity contribution is 6.30. The molecule has 110 valence electrons. The minimum Gasteiger partial charge on any atom is -0.325 e. The first-order valence-corrected chi connectivity index (χ1v) is 7.59. The van der Waals surface area contributed by atoms with E-state index >= 15 is 0 Å². The molecule has 22 heavy (non-hydrogen) atoms. The molecule has 0 aromatic heterocycles. The molecule has 3 nitrogen and oxygen atoms in total. The quantitative estimate of drug-likeness (QED) is 0.920. The summed E-state index contributed by atoms with van der Waals surface area (Å²) in [5, 5.41) is 12.4. The van der Waals surface area contributed by atoms with Crippen LogP contribution in [0.4, 0.5) is 5.69 Å². The van der Waals surface area contributed by atoms with Gasteiger partial charge in [0.1, 0.15) is 0 Å². The molecule has 0 heterocycles. The third-order valence-corrected chi connectivity index (χ3v) is 4.53. The number of anilines is 1. The van der Waals surface area contributed by atoms with Crippen LogP contribution in [0.5, 0.6) is 0 Å². The molecule has 2 aromatic rings. The van der Waals surface area contributed by atoms with Crippen molar-refractivity contribution in [2.24, 2.45) is 0 Å². The molecule has 1 saturated carbocycles. The Labute approximate surface area is 134 Å². The Kier molecular flexibility index (Phi) is 3.87. The Morgan fingerprint density at radius 1 is 1.18 bits per heavy atom. The molecular weight excluding hydrogens is 296 g/mol. The first-order valence-electron chi connectivity index (χ1n) is 7.22. The van der Waals surface area contributed by atoms with Crippen LogP contribution in [0.15, 0.2) is 48.5 Å². The molecule has 0 bridgehead atoms. The van der Waals surface area contributed by atoms with Crippen LogP contribution in [0.25, 0.3) is 0 Å². The van der Waals surface area contributed by atoms with E-state index in [4.69, 9.17) is 16.9 Å². The molecule has 0 atom stereocenters. The largest absolute Gasteiger partial charge is 0.325 e. The van der Waals surface area contributed by atoms with Gasteiger partial charge in [-0.05, 0) is 54.8 Å². The number of hydrogen-bond donors (Lipinski definition) is 1. The number of amides is 1. The van der Waals surface area contributed by atoms with Crippen molar-refractivity contribution in [2.45, 2.75) is 24.7 Å². The van der Waals surface area contributed by atoms with Crippen molar-refractivity contribution in [1.82, 2.24) is 0 Å². The molecule has 0 radical (unpaired) electrons. The van der Waals surface area contributed by atoms with E-state index in [-0.39, 0.29) is 5.91 Å². The first-order chi connectivity index (χ1) is 10.6. The summed E-state index contributed by atoms with van der Waals surface area (Å²) < 4.78 is 0. The lowest BCUT2D eigenvalue weighted by Crippen LogP contribution is -2.46. The molecule has 0 aliphatic heterocycles. The lowest BCUT2D eigenvalue weighted by Gasteiger charge is -2.40. The van der Waals surface area contributed by atoms with Gasteiger partial charge in [0.25, 0.3) is 0 Å². The van der Waals surface area contributed by atoms with Crippen LogP contribution in [0, 0.1) is 11.3 Å². The third kappa shape index (κ3) is 2.58. The Morgan fingerprint density at radius 2 is 1.91 bits per heavy atom. The smallest absolute Gasteiger partial charge is 0.235 e. The Balaban J connectivity index is 1.84. The summed E-state index contributed by atoms with van der Waals surface area (Å²) in [7, 11) is 0. The molecule has 0 saturated heterocycles. The summed E-state index contributed by atoms with van der Waals surface area (Å²) in [6, 6.07) is 16.5. The van der Waals surface area contributed by atoms with E-state index in [0.717, 1.165) is 24.8 Å². The fourth-order valence-corrected chi connectivity index (χ4v) is 3.03. The van der Waals surface area contributed by atoms with Gasteiger partial charge in [0, 0.05) is 10.7 Å². The molecule has 1 N–H and O–H groups in total. The third-order valence-electron chi connectivity index (χ3n) is 4.29. The van der Waals surface area contributed by atoms with Crippen LogP contribution in [0.1, 0.15) is 30.4 Å². The second-order valence-electron chi connectivity index (χ2n) is 5.59. The van der Waals surface area contributed by atoms with Crippen LogP contribution in [0.3, 0.4) is 0 Å². The van der Waals surface area contributed by atoms with E-state index < -0.39 is 5.41 Å². The predicted molar refractivity (Wildman–Crippen MR) is 86.8 cm³/mol. The summed E-state index contributed by atoms with van der Waals surface area (Å²) >= 11 is 6.07. The van der Waals surface area contributed by atoms with E-state index in [1.807, 2.05) is 24.3 Å². The number of benzene rings is 2. The van der Waals surface area contributed by atoms with Crippen molar-refractivity contribution in [2.75, 3.05) is 5.32 Å². The maximum Gasteiger partial charge on any atom is 0.235 e. The molecule has 1 fully saturated rings. The van der Waals surface area contributed by atoms with Gasteiger partial charge in [-0.25, -0.2) is 0 Å². The van der Waals surface area contributed by atoms with Crippen LogP contribution >= 0.6 is 11.6 Å². The highest BCUT2D eigenvalue weighted by Gasteiger charge is 2.45. The van der Waals surface area contributed by atoms with Gasteiger partial charge in [-0.2, -0.15) is 5.26 Å². The van der Waals surface area contributed by atoms with E-state index in [0.29, 0.717) is 16.3 Å². The average molecular weight is 311 g/mol. The Hall–Kier alpha value is -2.31. The SMILES string of the molecule is N#Cc1ccc(NC(=O)C2(c3cccc(Cl)c3)CCC2)cc1. The zero-order valence-corrected chi connectivity index (χ0v) is 12.7. The fourth-order valence-electron chi connectivity index (χ4n) is 2.84. The van der Waals surface area contributed by atoms with E-state index in [1.165, 1.54) is 0 Å². The van der Waals surface area contributed by atoms with Gasteiger partial charge in [-0.15, -0.1) is 0 Å². The summed E-state index contributed by atoms with van der Waals surface area (Å²) in [6.45, 7) is 0. The van der Waals surface area contributed by atoms with Gasteiger partial charge < -0.3 is 5.32 Å². The lowest BCUT2D eigenvalue weighted by molar-refractivity contribution is -0.124. The number of rotatable bonds is 3. The molecule has 0 spiro atoms. The molecule has 3 rings (SSSR count). The normalized spacial score (nSPS) is 15.5. The predicted octanol–water partition coefficient (Wildman–Crippen LogP) is 4.27. The van der Waals surface area contributed by atoms with Crippen molar-refractivity contribution in [3.63, 3.8) is 0 Å². The van der Waals surface area contributed by atoms with E-state index in [9.17, 15) is 4.79 Å². The fraction of sp³-hybridized carbons (Fsp3) is 0.222. The van der Waals surface area contributed by atoms with Gasteiger partial charge in [0.2, 0.25) is 5.91 Å². The molecule has 4 heteroatoms. The van der Waals surface area contributed by atoms with Crippen LogP contribution < -0.4 is 5.32 Å². The minimum atomic E-state index is -0.487. The van der Waals surface area contributed by atoms with E-state index in [1.54, 1.807) is 24.3 Å². The second kappa shape index (κ2) is 5.82. The van der Waals surface area contributed by atoms with Crippen LogP contribution in [-0.2, 0) is 10.2 Å². The number of nitrogens with zero attached hydrogens (tertiary/aromatic N) is 1. The lowest BCUT2D eigenvalue weighted by atomic mass is 9.64. The van der Waals surface area contributed by atoms with Gasteiger partial charge in [-0.1, -0.05) is 30.2 Å². The number of halogens is 1. The van der Waals surface area contributed by atoms with Gasteiger partial charge in [0.15, 0.2) is 0 Å². The summed E-state index contributed by atoms with van der Waals surface area (Å²) in [6.07, 6.45) is 2.69. The number of carbonyl (C=O) groups excluding carboxylic acids is 1. The van der Waals surface area contributed by atoms with Crippen molar-refractivity contribution in [1.29, 1.82) is 5.26 Å². The topological polar surface area (TPSA) is 52.9 Å². The monoisotopic (exact) mass is 310 g/mol. The summed E-state index contributed by atoms with van der Waals surface area (Å²) in [5.41, 5.74) is 1.76. The molecule has 1 aliphatic carbocycles. The van der Waals surface area contributed by atoms with Gasteiger partial charge in [0.05, 0.1) is 17.0 Å². The number of nitrogens with one attached hydrogen (secondary N) is 1. The van der Waals surface area contributed by atoms with Crippen molar-refractivity contribution < 1.29 is 4.79 Å². The zero-order chi connectivity index (χ0) is 15.6. The van der Waals surface area contributed by atoms with Gasteiger partial charge >= 0.3 is 0 Å². The minimum absolute atomic E-state index is 0.00859. The Bertz CT molecular complexity index is 742. The Morgan fingerprint density at radius 3 is 2.45 bits per heavy atom. The highest BCUT2D eigenvalue weighted by Crippen LogP contribution is 2.45.